The van der Waals surface area contributed by atoms with Gasteiger partial charge in [0, 0.05) is 31.0 Å². The number of benzene rings is 1. The van der Waals surface area contributed by atoms with E-state index < -0.39 is 0 Å². The molecule has 0 bridgehead atoms. The summed E-state index contributed by atoms with van der Waals surface area (Å²) in [4.78, 5) is 30.1. The van der Waals surface area contributed by atoms with Gasteiger partial charge in [-0.3, -0.25) is 9.78 Å². The molecule has 27 heavy (non-hydrogen) atoms. The minimum Gasteiger partial charge on any atom is -0.450 e. The average Bonchev–Trinajstić information content (AvgIpc) is 2.70. The highest BCUT2D eigenvalue weighted by atomic mass is 16.6. The van der Waals surface area contributed by atoms with Crippen molar-refractivity contribution in [1.29, 1.82) is 0 Å². The van der Waals surface area contributed by atoms with E-state index in [1.165, 1.54) is 0 Å². The summed E-state index contributed by atoms with van der Waals surface area (Å²) in [6.07, 6.45) is 4.37. The molecule has 0 atom stereocenters. The van der Waals surface area contributed by atoms with E-state index >= 15 is 0 Å². The number of anilines is 2. The molecule has 3 rings (SSSR count). The number of ether oxygens (including phenoxy) is 1. The Kier molecular flexibility index (Phi) is 6.25. The lowest BCUT2D eigenvalue weighted by atomic mass is 10.0. The predicted octanol–water partition coefficient (Wildman–Crippen LogP) is 3.18. The molecule has 2 amide bonds. The standard InChI is InChI=1S/C20H24N4O3/c1-2-27-20(26)24-10-8-17(9-11-24)23-19(25)15-12-18(14-21-13-15)22-16-6-4-3-5-7-16/h3-7,12-14,17,22H,2,8-11H2,1H3,(H,23,25). The highest BCUT2D eigenvalue weighted by molar-refractivity contribution is 5.95. The van der Waals surface area contributed by atoms with Gasteiger partial charge in [0.25, 0.3) is 5.91 Å². The maximum atomic E-state index is 12.6. The van der Waals surface area contributed by atoms with E-state index in [0.29, 0.717) is 38.1 Å². The van der Waals surface area contributed by atoms with Crippen LogP contribution >= 0.6 is 0 Å². The zero-order chi connectivity index (χ0) is 19.1. The van der Waals surface area contributed by atoms with Gasteiger partial charge in [0.05, 0.1) is 24.1 Å². The minimum absolute atomic E-state index is 0.0360. The number of hydrogen-bond donors (Lipinski definition) is 2. The Labute approximate surface area is 158 Å². The van der Waals surface area contributed by atoms with Crippen LogP contribution in [-0.4, -0.2) is 47.6 Å². The lowest BCUT2D eigenvalue weighted by Crippen LogP contribution is -2.46. The Morgan fingerprint density at radius 2 is 1.89 bits per heavy atom. The molecule has 0 aliphatic carbocycles. The first-order valence-electron chi connectivity index (χ1n) is 9.15. The molecule has 0 radical (unpaired) electrons. The van der Waals surface area contributed by atoms with E-state index in [1.807, 2.05) is 30.3 Å². The molecule has 0 saturated carbocycles. The van der Waals surface area contributed by atoms with Crippen molar-refractivity contribution in [3.8, 4) is 0 Å². The monoisotopic (exact) mass is 368 g/mol. The Morgan fingerprint density at radius 3 is 2.59 bits per heavy atom. The zero-order valence-electron chi connectivity index (χ0n) is 15.4. The predicted molar refractivity (Wildman–Crippen MR) is 103 cm³/mol. The summed E-state index contributed by atoms with van der Waals surface area (Å²) in [5, 5.41) is 6.26. The molecule has 2 N–H and O–H groups in total. The molecule has 2 heterocycles. The molecule has 1 fully saturated rings. The Balaban J connectivity index is 1.54. The number of nitrogens with zero attached hydrogens (tertiary/aromatic N) is 2. The van der Waals surface area contributed by atoms with E-state index in [-0.39, 0.29) is 18.0 Å². The molecule has 1 aliphatic heterocycles. The fourth-order valence-electron chi connectivity index (χ4n) is 3.01. The summed E-state index contributed by atoms with van der Waals surface area (Å²) in [6.45, 7) is 3.32. The summed E-state index contributed by atoms with van der Waals surface area (Å²) >= 11 is 0. The number of para-hydroxylation sites is 1. The van der Waals surface area contributed by atoms with Crippen molar-refractivity contribution in [3.63, 3.8) is 0 Å². The van der Waals surface area contributed by atoms with Gasteiger partial charge in [-0.2, -0.15) is 0 Å². The molecule has 2 aromatic rings. The first-order valence-corrected chi connectivity index (χ1v) is 9.15. The Bertz CT molecular complexity index is 774. The zero-order valence-corrected chi connectivity index (χ0v) is 15.4. The second-order valence-corrected chi connectivity index (χ2v) is 6.39. The largest absolute Gasteiger partial charge is 0.450 e. The first-order chi connectivity index (χ1) is 13.2. The summed E-state index contributed by atoms with van der Waals surface area (Å²) in [6, 6.07) is 11.5. The van der Waals surface area contributed by atoms with Gasteiger partial charge in [0.1, 0.15) is 0 Å². The number of amides is 2. The van der Waals surface area contributed by atoms with Crippen LogP contribution in [0.1, 0.15) is 30.1 Å². The number of likely N-dealkylation sites (tertiary alicyclic amines) is 1. The first kappa shape index (κ1) is 18.7. The van der Waals surface area contributed by atoms with E-state index in [4.69, 9.17) is 4.74 Å². The van der Waals surface area contributed by atoms with Crippen LogP contribution < -0.4 is 10.6 Å². The molecule has 1 aromatic carbocycles. The molecule has 1 aromatic heterocycles. The number of aromatic nitrogens is 1. The summed E-state index contributed by atoms with van der Waals surface area (Å²) < 4.78 is 5.01. The van der Waals surface area contributed by atoms with Gasteiger partial charge in [-0.1, -0.05) is 18.2 Å². The van der Waals surface area contributed by atoms with Crippen LogP contribution in [0.5, 0.6) is 0 Å². The maximum absolute atomic E-state index is 12.6. The fourth-order valence-corrected chi connectivity index (χ4v) is 3.01. The molecule has 1 saturated heterocycles. The number of rotatable bonds is 5. The van der Waals surface area contributed by atoms with Crippen LogP contribution in [0.2, 0.25) is 0 Å². The van der Waals surface area contributed by atoms with Gasteiger partial charge in [-0.25, -0.2) is 4.79 Å². The number of nitrogens with one attached hydrogen (secondary N) is 2. The third-order valence-corrected chi connectivity index (χ3v) is 4.42. The molecular weight excluding hydrogens is 344 g/mol. The summed E-state index contributed by atoms with van der Waals surface area (Å²) in [5.74, 6) is -0.159. The van der Waals surface area contributed by atoms with Crippen LogP contribution in [0.25, 0.3) is 0 Å². The van der Waals surface area contributed by atoms with Crippen LogP contribution in [-0.2, 0) is 4.74 Å². The maximum Gasteiger partial charge on any atom is 0.409 e. The van der Waals surface area contributed by atoms with Gasteiger partial charge in [0.2, 0.25) is 0 Å². The topological polar surface area (TPSA) is 83.6 Å². The third kappa shape index (κ3) is 5.20. The molecule has 1 aliphatic rings. The molecule has 0 spiro atoms. The van der Waals surface area contributed by atoms with Crippen molar-refractivity contribution in [1.82, 2.24) is 15.2 Å². The Morgan fingerprint density at radius 1 is 1.15 bits per heavy atom. The van der Waals surface area contributed by atoms with Crippen LogP contribution in [0.3, 0.4) is 0 Å². The fraction of sp³-hybridized carbons (Fsp3) is 0.350. The smallest absolute Gasteiger partial charge is 0.409 e. The van der Waals surface area contributed by atoms with Crippen molar-refractivity contribution >= 4 is 23.4 Å². The van der Waals surface area contributed by atoms with Crippen LogP contribution in [0.15, 0.2) is 48.8 Å². The number of hydrogen-bond acceptors (Lipinski definition) is 5. The quantitative estimate of drug-likeness (QED) is 0.847. The minimum atomic E-state index is -0.286. The summed E-state index contributed by atoms with van der Waals surface area (Å²) in [5.41, 5.74) is 2.19. The lowest BCUT2D eigenvalue weighted by Gasteiger charge is -2.31. The molecule has 142 valence electrons. The van der Waals surface area contributed by atoms with E-state index in [0.717, 1.165) is 11.4 Å². The van der Waals surface area contributed by atoms with Crippen LogP contribution in [0.4, 0.5) is 16.2 Å². The summed E-state index contributed by atoms with van der Waals surface area (Å²) in [7, 11) is 0. The number of carbonyl (C=O) groups is 2. The van der Waals surface area contributed by atoms with Gasteiger partial charge in [0.15, 0.2) is 0 Å². The van der Waals surface area contributed by atoms with Crippen molar-refractivity contribution < 1.29 is 14.3 Å². The molecular formula is C20H24N4O3. The van der Waals surface area contributed by atoms with E-state index in [9.17, 15) is 9.59 Å². The number of carbonyl (C=O) groups excluding carboxylic acids is 2. The number of pyridine rings is 1. The molecule has 7 nitrogen and oxygen atoms in total. The highest BCUT2D eigenvalue weighted by Gasteiger charge is 2.24. The van der Waals surface area contributed by atoms with Crippen molar-refractivity contribution in [2.45, 2.75) is 25.8 Å². The second kappa shape index (κ2) is 9.02. The second-order valence-electron chi connectivity index (χ2n) is 6.39. The lowest BCUT2D eigenvalue weighted by molar-refractivity contribution is 0.0860. The SMILES string of the molecule is CCOC(=O)N1CCC(NC(=O)c2cncc(Nc3ccccc3)c2)CC1. The van der Waals surface area contributed by atoms with Gasteiger partial charge in [-0.05, 0) is 38.0 Å². The van der Waals surface area contributed by atoms with Crippen LogP contribution in [0, 0.1) is 0 Å². The molecule has 0 unspecified atom stereocenters. The van der Waals surface area contributed by atoms with Crippen molar-refractivity contribution in [3.05, 3.63) is 54.4 Å². The Hall–Kier alpha value is -3.09. The van der Waals surface area contributed by atoms with E-state index in [2.05, 4.69) is 15.6 Å². The van der Waals surface area contributed by atoms with Gasteiger partial charge >= 0.3 is 6.09 Å². The third-order valence-electron chi connectivity index (χ3n) is 4.42. The van der Waals surface area contributed by atoms with Crippen molar-refractivity contribution in [2.75, 3.05) is 25.0 Å². The van der Waals surface area contributed by atoms with Crippen molar-refractivity contribution in [2.24, 2.45) is 0 Å². The van der Waals surface area contributed by atoms with Gasteiger partial charge < -0.3 is 20.3 Å². The number of piperidine rings is 1. The normalized spacial score (nSPS) is 14.5. The highest BCUT2D eigenvalue weighted by Crippen LogP contribution is 2.17. The molecule has 7 heteroatoms. The van der Waals surface area contributed by atoms with Gasteiger partial charge in [-0.15, -0.1) is 0 Å². The van der Waals surface area contributed by atoms with E-state index in [1.54, 1.807) is 30.3 Å². The average molecular weight is 368 g/mol.